The summed E-state index contributed by atoms with van der Waals surface area (Å²) in [5.41, 5.74) is 6.79. The topological polar surface area (TPSA) is 64.7 Å². The molecule has 0 bridgehead atoms. The normalized spacial score (nSPS) is 14.6. The zero-order valence-corrected chi connectivity index (χ0v) is 11.3. The van der Waals surface area contributed by atoms with Gasteiger partial charge in [-0.05, 0) is 26.8 Å². The summed E-state index contributed by atoms with van der Waals surface area (Å²) in [6, 6.07) is 7.50. The van der Waals surface area contributed by atoms with E-state index in [1.54, 1.807) is 0 Å². The molecule has 1 aromatic rings. The molecule has 0 radical (unpaired) electrons. The molecule has 0 amide bonds. The Hall–Kier alpha value is -1.10. The lowest BCUT2D eigenvalue weighted by atomic mass is 10.1. The number of rotatable bonds is 7. The molecule has 0 heterocycles. The number of para-hydroxylation sites is 1. The Kier molecular flexibility index (Phi) is 6.12. The number of hydrogen-bond acceptors (Lipinski definition) is 4. The summed E-state index contributed by atoms with van der Waals surface area (Å²) in [5, 5.41) is 9.71. The van der Waals surface area contributed by atoms with E-state index in [0.29, 0.717) is 0 Å². The molecule has 0 aliphatic heterocycles. The quantitative estimate of drug-likeness (QED) is 0.778. The van der Waals surface area contributed by atoms with Crippen LogP contribution in [-0.2, 0) is 4.74 Å². The van der Waals surface area contributed by atoms with Gasteiger partial charge in [0.05, 0.1) is 12.7 Å². The molecular formula is C14H23NO3. The minimum absolute atomic E-state index is 0.0924. The maximum Gasteiger partial charge on any atom is 0.124 e. The molecule has 0 saturated heterocycles. The number of nitrogens with two attached hydrogens (primary N) is 1. The second kappa shape index (κ2) is 7.36. The van der Waals surface area contributed by atoms with Crippen LogP contribution >= 0.6 is 0 Å². The molecule has 4 heteroatoms. The van der Waals surface area contributed by atoms with Gasteiger partial charge in [0.1, 0.15) is 18.5 Å². The molecular weight excluding hydrogens is 230 g/mol. The van der Waals surface area contributed by atoms with E-state index in [2.05, 4.69) is 0 Å². The highest BCUT2D eigenvalue weighted by Gasteiger charge is 2.10. The number of hydrogen-bond donors (Lipinski definition) is 2. The van der Waals surface area contributed by atoms with E-state index < -0.39 is 6.10 Å². The molecule has 1 aromatic carbocycles. The van der Waals surface area contributed by atoms with Gasteiger partial charge >= 0.3 is 0 Å². The van der Waals surface area contributed by atoms with E-state index in [4.69, 9.17) is 15.2 Å². The molecule has 3 N–H and O–H groups in total. The molecule has 0 aliphatic rings. The average Bonchev–Trinajstić information content (AvgIpc) is 2.34. The van der Waals surface area contributed by atoms with Crippen molar-refractivity contribution >= 4 is 0 Å². The maximum atomic E-state index is 9.71. The van der Waals surface area contributed by atoms with E-state index in [1.807, 2.05) is 45.0 Å². The molecule has 2 atom stereocenters. The Morgan fingerprint density at radius 3 is 2.44 bits per heavy atom. The maximum absolute atomic E-state index is 9.71. The van der Waals surface area contributed by atoms with Crippen LogP contribution in [0.2, 0.25) is 0 Å². The average molecular weight is 253 g/mol. The Bertz CT molecular complexity index is 353. The summed E-state index contributed by atoms with van der Waals surface area (Å²) < 4.78 is 10.9. The molecule has 0 saturated carbocycles. The Labute approximate surface area is 109 Å². The molecule has 0 fully saturated rings. The molecule has 0 aromatic heterocycles. The van der Waals surface area contributed by atoms with Crippen LogP contribution in [0.1, 0.15) is 32.4 Å². The Morgan fingerprint density at radius 1 is 1.17 bits per heavy atom. The monoisotopic (exact) mass is 253 g/mol. The van der Waals surface area contributed by atoms with Crippen molar-refractivity contribution in [3.05, 3.63) is 29.8 Å². The van der Waals surface area contributed by atoms with Crippen LogP contribution in [-0.4, -0.2) is 30.5 Å². The van der Waals surface area contributed by atoms with Crippen molar-refractivity contribution in [3.63, 3.8) is 0 Å². The first-order valence-corrected chi connectivity index (χ1v) is 6.27. The van der Waals surface area contributed by atoms with Crippen LogP contribution in [0.5, 0.6) is 5.75 Å². The first-order chi connectivity index (χ1) is 8.50. The lowest BCUT2D eigenvalue weighted by Crippen LogP contribution is -2.25. The first-order valence-electron chi connectivity index (χ1n) is 6.27. The standard InChI is InChI=1S/C14H23NO3/c1-10(2)17-8-12(16)9-18-14-7-5-4-6-13(14)11(3)15/h4-7,10-12,16H,8-9,15H2,1-3H3/t11-,12?/m1/s1. The minimum atomic E-state index is -0.631. The summed E-state index contributed by atoms with van der Waals surface area (Å²) >= 11 is 0. The van der Waals surface area contributed by atoms with Crippen molar-refractivity contribution in [3.8, 4) is 5.75 Å². The van der Waals surface area contributed by atoms with Gasteiger partial charge in [0.15, 0.2) is 0 Å². The largest absolute Gasteiger partial charge is 0.490 e. The van der Waals surface area contributed by atoms with E-state index in [9.17, 15) is 5.11 Å². The van der Waals surface area contributed by atoms with Gasteiger partial charge in [-0.2, -0.15) is 0 Å². The van der Waals surface area contributed by atoms with Crippen LogP contribution in [0.3, 0.4) is 0 Å². The predicted molar refractivity (Wildman–Crippen MR) is 71.6 cm³/mol. The van der Waals surface area contributed by atoms with Crippen molar-refractivity contribution in [2.24, 2.45) is 5.73 Å². The predicted octanol–water partition coefficient (Wildman–Crippen LogP) is 1.87. The molecule has 18 heavy (non-hydrogen) atoms. The van der Waals surface area contributed by atoms with Gasteiger partial charge in [0, 0.05) is 11.6 Å². The van der Waals surface area contributed by atoms with Crippen LogP contribution < -0.4 is 10.5 Å². The van der Waals surface area contributed by atoms with Crippen LogP contribution in [0.15, 0.2) is 24.3 Å². The van der Waals surface area contributed by atoms with E-state index in [0.717, 1.165) is 11.3 Å². The van der Waals surface area contributed by atoms with Crippen LogP contribution in [0.4, 0.5) is 0 Å². The number of aliphatic hydroxyl groups is 1. The third kappa shape index (κ3) is 5.04. The van der Waals surface area contributed by atoms with Crippen molar-refractivity contribution < 1.29 is 14.6 Å². The summed E-state index contributed by atoms with van der Waals surface area (Å²) in [6.45, 7) is 6.24. The van der Waals surface area contributed by atoms with Gasteiger partial charge in [-0.15, -0.1) is 0 Å². The highest BCUT2D eigenvalue weighted by Crippen LogP contribution is 2.23. The van der Waals surface area contributed by atoms with Gasteiger partial charge in [-0.25, -0.2) is 0 Å². The molecule has 1 rings (SSSR count). The van der Waals surface area contributed by atoms with Crippen LogP contribution in [0.25, 0.3) is 0 Å². The molecule has 1 unspecified atom stereocenters. The van der Waals surface area contributed by atoms with Crippen LogP contribution in [0, 0.1) is 0 Å². The second-order valence-electron chi connectivity index (χ2n) is 4.67. The smallest absolute Gasteiger partial charge is 0.124 e. The van der Waals surface area contributed by atoms with Gasteiger partial charge in [0.25, 0.3) is 0 Å². The number of ether oxygens (including phenoxy) is 2. The van der Waals surface area contributed by atoms with Crippen molar-refractivity contribution in [1.29, 1.82) is 0 Å². The van der Waals surface area contributed by atoms with Crippen molar-refractivity contribution in [2.45, 2.75) is 39.0 Å². The fourth-order valence-corrected chi connectivity index (χ4v) is 1.53. The lowest BCUT2D eigenvalue weighted by Gasteiger charge is -2.17. The third-order valence-corrected chi connectivity index (χ3v) is 2.46. The third-order valence-electron chi connectivity index (χ3n) is 2.46. The second-order valence-corrected chi connectivity index (χ2v) is 4.67. The van der Waals surface area contributed by atoms with Crippen molar-refractivity contribution in [2.75, 3.05) is 13.2 Å². The first kappa shape index (κ1) is 15.0. The lowest BCUT2D eigenvalue weighted by molar-refractivity contribution is -0.0124. The summed E-state index contributed by atoms with van der Waals surface area (Å²) in [6.07, 6.45) is -0.524. The summed E-state index contributed by atoms with van der Waals surface area (Å²) in [7, 11) is 0. The Morgan fingerprint density at radius 2 is 1.83 bits per heavy atom. The fourth-order valence-electron chi connectivity index (χ4n) is 1.53. The summed E-state index contributed by atoms with van der Waals surface area (Å²) in [5.74, 6) is 0.719. The molecule has 4 nitrogen and oxygen atoms in total. The Balaban J connectivity index is 2.48. The fraction of sp³-hybridized carbons (Fsp3) is 0.571. The zero-order chi connectivity index (χ0) is 13.5. The number of benzene rings is 1. The van der Waals surface area contributed by atoms with E-state index >= 15 is 0 Å². The highest BCUT2D eigenvalue weighted by atomic mass is 16.5. The SMILES string of the molecule is CC(C)OCC(O)COc1ccccc1[C@@H](C)N. The number of aliphatic hydroxyl groups excluding tert-OH is 1. The summed E-state index contributed by atoms with van der Waals surface area (Å²) in [4.78, 5) is 0. The zero-order valence-electron chi connectivity index (χ0n) is 11.3. The van der Waals surface area contributed by atoms with Gasteiger partial charge in [-0.1, -0.05) is 18.2 Å². The van der Waals surface area contributed by atoms with Crippen molar-refractivity contribution in [1.82, 2.24) is 0 Å². The molecule has 102 valence electrons. The minimum Gasteiger partial charge on any atom is -0.490 e. The van der Waals surface area contributed by atoms with Gasteiger partial charge in [-0.3, -0.25) is 0 Å². The highest BCUT2D eigenvalue weighted by molar-refractivity contribution is 5.35. The van der Waals surface area contributed by atoms with E-state index in [-0.39, 0.29) is 25.4 Å². The van der Waals surface area contributed by atoms with Gasteiger partial charge < -0.3 is 20.3 Å². The molecule has 0 spiro atoms. The molecule has 0 aliphatic carbocycles. The van der Waals surface area contributed by atoms with Gasteiger partial charge in [0.2, 0.25) is 0 Å². The van der Waals surface area contributed by atoms with E-state index in [1.165, 1.54) is 0 Å².